The van der Waals surface area contributed by atoms with Crippen LogP contribution in [-0.2, 0) is 0 Å². The number of rotatable bonds is 5. The van der Waals surface area contributed by atoms with Crippen molar-refractivity contribution in [3.63, 3.8) is 0 Å². The first-order chi connectivity index (χ1) is 13.0. The SMILES string of the molecule is Cc1cc(Br)cc(C(=O)N/N=C/c2ccccc2)c1NC(=O)c1cccs1. The van der Waals surface area contributed by atoms with Gasteiger partial charge in [-0.05, 0) is 41.6 Å². The number of anilines is 1. The number of carbonyl (C=O) groups is 2. The Hall–Kier alpha value is -2.77. The van der Waals surface area contributed by atoms with Crippen LogP contribution in [0.4, 0.5) is 5.69 Å². The predicted molar refractivity (Wildman–Crippen MR) is 113 cm³/mol. The summed E-state index contributed by atoms with van der Waals surface area (Å²) in [6.07, 6.45) is 1.56. The molecule has 1 heterocycles. The normalized spacial score (nSPS) is 10.7. The molecule has 0 radical (unpaired) electrons. The van der Waals surface area contributed by atoms with Gasteiger partial charge in [-0.3, -0.25) is 9.59 Å². The van der Waals surface area contributed by atoms with E-state index in [-0.39, 0.29) is 5.91 Å². The van der Waals surface area contributed by atoms with Gasteiger partial charge in [-0.25, -0.2) is 5.43 Å². The molecule has 0 aliphatic carbocycles. The van der Waals surface area contributed by atoms with Gasteiger partial charge < -0.3 is 5.32 Å². The van der Waals surface area contributed by atoms with E-state index in [2.05, 4.69) is 31.8 Å². The number of benzene rings is 2. The number of carbonyl (C=O) groups excluding carboxylic acids is 2. The Bertz CT molecular complexity index is 986. The van der Waals surface area contributed by atoms with E-state index in [1.807, 2.05) is 48.7 Å². The van der Waals surface area contributed by atoms with E-state index in [0.29, 0.717) is 16.1 Å². The summed E-state index contributed by atoms with van der Waals surface area (Å²) in [7, 11) is 0. The van der Waals surface area contributed by atoms with E-state index >= 15 is 0 Å². The second-order valence-corrected chi connectivity index (χ2v) is 7.55. The van der Waals surface area contributed by atoms with Gasteiger partial charge in [-0.15, -0.1) is 11.3 Å². The number of amides is 2. The van der Waals surface area contributed by atoms with E-state index in [0.717, 1.165) is 15.6 Å². The van der Waals surface area contributed by atoms with Crippen molar-refractivity contribution in [1.82, 2.24) is 5.43 Å². The van der Waals surface area contributed by atoms with Crippen molar-refractivity contribution in [1.29, 1.82) is 0 Å². The lowest BCUT2D eigenvalue weighted by Crippen LogP contribution is -2.22. The van der Waals surface area contributed by atoms with Crippen molar-refractivity contribution >= 4 is 51.0 Å². The molecule has 27 heavy (non-hydrogen) atoms. The molecular formula is C20H16BrN3O2S. The largest absolute Gasteiger partial charge is 0.320 e. The van der Waals surface area contributed by atoms with Gasteiger partial charge in [0, 0.05) is 4.47 Å². The summed E-state index contributed by atoms with van der Waals surface area (Å²) in [4.78, 5) is 25.6. The Morgan fingerprint density at radius 2 is 1.85 bits per heavy atom. The first kappa shape index (κ1) is 19.0. The lowest BCUT2D eigenvalue weighted by atomic mass is 10.1. The minimum atomic E-state index is -0.409. The third-order valence-corrected chi connectivity index (χ3v) is 5.03. The van der Waals surface area contributed by atoms with E-state index < -0.39 is 5.91 Å². The maximum Gasteiger partial charge on any atom is 0.273 e. The van der Waals surface area contributed by atoms with Gasteiger partial charge in [-0.1, -0.05) is 52.3 Å². The summed E-state index contributed by atoms with van der Waals surface area (Å²) in [5.41, 5.74) is 4.94. The molecule has 0 saturated carbocycles. The van der Waals surface area contributed by atoms with Gasteiger partial charge in [-0.2, -0.15) is 5.10 Å². The third kappa shape index (κ3) is 4.90. The molecule has 2 N–H and O–H groups in total. The molecule has 0 fully saturated rings. The first-order valence-corrected chi connectivity index (χ1v) is 9.75. The summed E-state index contributed by atoms with van der Waals surface area (Å²) in [6.45, 7) is 1.83. The second-order valence-electron chi connectivity index (χ2n) is 5.69. The predicted octanol–water partition coefficient (Wildman–Crippen LogP) is 4.84. The van der Waals surface area contributed by atoms with Crippen molar-refractivity contribution in [3.05, 3.63) is 86.0 Å². The van der Waals surface area contributed by atoms with Crippen LogP contribution in [0.25, 0.3) is 0 Å². The Balaban J connectivity index is 1.82. The highest BCUT2D eigenvalue weighted by Crippen LogP contribution is 2.27. The van der Waals surface area contributed by atoms with Crippen LogP contribution in [-0.4, -0.2) is 18.0 Å². The van der Waals surface area contributed by atoms with Crippen LogP contribution in [0.5, 0.6) is 0 Å². The molecule has 0 spiro atoms. The molecule has 0 aliphatic heterocycles. The van der Waals surface area contributed by atoms with Crippen LogP contribution in [0.1, 0.15) is 31.2 Å². The van der Waals surface area contributed by atoms with Crippen LogP contribution in [0.2, 0.25) is 0 Å². The molecule has 0 saturated heterocycles. The number of aryl methyl sites for hydroxylation is 1. The second kappa shape index (κ2) is 8.75. The molecule has 3 aromatic rings. The molecule has 2 aromatic carbocycles. The molecule has 5 nitrogen and oxygen atoms in total. The first-order valence-electron chi connectivity index (χ1n) is 8.08. The van der Waals surface area contributed by atoms with Crippen LogP contribution in [0.15, 0.2) is 69.6 Å². The Labute approximate surface area is 169 Å². The number of hydrogen-bond acceptors (Lipinski definition) is 4. The van der Waals surface area contributed by atoms with E-state index in [9.17, 15) is 9.59 Å². The third-order valence-electron chi connectivity index (χ3n) is 3.71. The van der Waals surface area contributed by atoms with E-state index in [1.165, 1.54) is 11.3 Å². The van der Waals surface area contributed by atoms with Gasteiger partial charge in [0.2, 0.25) is 0 Å². The standard InChI is InChI=1S/C20H16BrN3O2S/c1-13-10-15(21)11-16(18(13)23-20(26)17-8-5-9-27-17)19(25)24-22-12-14-6-3-2-4-7-14/h2-12H,1H3,(H,23,26)(H,24,25)/b22-12+. The van der Waals surface area contributed by atoms with Crippen LogP contribution >= 0.6 is 27.3 Å². The van der Waals surface area contributed by atoms with Gasteiger partial charge >= 0.3 is 0 Å². The summed E-state index contributed by atoms with van der Waals surface area (Å²) in [6, 6.07) is 16.5. The van der Waals surface area contributed by atoms with Crippen molar-refractivity contribution in [2.45, 2.75) is 6.92 Å². The Kier molecular flexibility index (Phi) is 6.16. The van der Waals surface area contributed by atoms with Crippen LogP contribution < -0.4 is 10.7 Å². The molecule has 0 aliphatic rings. The molecule has 136 valence electrons. The number of halogens is 1. The van der Waals surface area contributed by atoms with Crippen molar-refractivity contribution < 1.29 is 9.59 Å². The van der Waals surface area contributed by atoms with Crippen LogP contribution in [0, 0.1) is 6.92 Å². The lowest BCUT2D eigenvalue weighted by molar-refractivity contribution is 0.0956. The van der Waals surface area contributed by atoms with Crippen molar-refractivity contribution in [2.75, 3.05) is 5.32 Å². The molecule has 7 heteroatoms. The number of nitrogens with zero attached hydrogens (tertiary/aromatic N) is 1. The minimum Gasteiger partial charge on any atom is -0.320 e. The smallest absolute Gasteiger partial charge is 0.273 e. The van der Waals surface area contributed by atoms with Crippen LogP contribution in [0.3, 0.4) is 0 Å². The zero-order valence-electron chi connectivity index (χ0n) is 14.4. The molecule has 3 rings (SSSR count). The zero-order chi connectivity index (χ0) is 19.2. The lowest BCUT2D eigenvalue weighted by Gasteiger charge is -2.13. The molecule has 1 aromatic heterocycles. The topological polar surface area (TPSA) is 70.6 Å². The number of hydrogen-bond donors (Lipinski definition) is 2. The fourth-order valence-electron chi connectivity index (χ4n) is 2.44. The fourth-order valence-corrected chi connectivity index (χ4v) is 3.63. The summed E-state index contributed by atoms with van der Waals surface area (Å²) >= 11 is 4.74. The van der Waals surface area contributed by atoms with Crippen molar-refractivity contribution in [3.8, 4) is 0 Å². The number of thiophene rings is 1. The summed E-state index contributed by atoms with van der Waals surface area (Å²) in [5.74, 6) is -0.662. The molecular weight excluding hydrogens is 426 g/mol. The molecule has 0 atom stereocenters. The van der Waals surface area contributed by atoms with Crippen molar-refractivity contribution in [2.24, 2.45) is 5.10 Å². The van der Waals surface area contributed by atoms with Gasteiger partial charge in [0.05, 0.1) is 22.3 Å². The quantitative estimate of drug-likeness (QED) is 0.439. The Morgan fingerprint density at radius 3 is 2.56 bits per heavy atom. The molecule has 0 unspecified atom stereocenters. The fraction of sp³-hybridized carbons (Fsp3) is 0.0500. The monoisotopic (exact) mass is 441 g/mol. The zero-order valence-corrected chi connectivity index (χ0v) is 16.8. The molecule has 0 bridgehead atoms. The Morgan fingerprint density at radius 1 is 1.07 bits per heavy atom. The van der Waals surface area contributed by atoms with Gasteiger partial charge in [0.1, 0.15) is 0 Å². The van der Waals surface area contributed by atoms with E-state index in [4.69, 9.17) is 0 Å². The number of hydrazone groups is 1. The number of nitrogens with one attached hydrogen (secondary N) is 2. The molecule has 2 amide bonds. The summed E-state index contributed by atoms with van der Waals surface area (Å²) in [5, 5.41) is 8.66. The maximum atomic E-state index is 12.6. The maximum absolute atomic E-state index is 12.6. The minimum absolute atomic E-state index is 0.253. The highest BCUT2D eigenvalue weighted by molar-refractivity contribution is 9.10. The summed E-state index contributed by atoms with van der Waals surface area (Å²) < 4.78 is 0.742. The van der Waals surface area contributed by atoms with Gasteiger partial charge in [0.25, 0.3) is 11.8 Å². The highest BCUT2D eigenvalue weighted by atomic mass is 79.9. The average Bonchev–Trinajstić information content (AvgIpc) is 3.19. The van der Waals surface area contributed by atoms with Gasteiger partial charge in [0.15, 0.2) is 0 Å². The average molecular weight is 442 g/mol. The van der Waals surface area contributed by atoms with E-state index in [1.54, 1.807) is 24.4 Å². The highest BCUT2D eigenvalue weighted by Gasteiger charge is 2.18.